The topological polar surface area (TPSA) is 39.2 Å². The first-order valence-electron chi connectivity index (χ1n) is 9.25. The minimum Gasteiger partial charge on any atom is -0.456 e. The van der Waals surface area contributed by atoms with Crippen molar-refractivity contribution >= 4 is 32.8 Å². The fraction of sp³-hybridized carbons (Fsp3) is 0.304. The lowest BCUT2D eigenvalue weighted by Crippen LogP contribution is -2.25. The van der Waals surface area contributed by atoms with E-state index in [-0.39, 0.29) is 5.82 Å². The van der Waals surface area contributed by atoms with E-state index >= 15 is 0 Å². The molecule has 0 N–H and O–H groups in total. The van der Waals surface area contributed by atoms with Gasteiger partial charge in [-0.25, -0.2) is 9.18 Å². The van der Waals surface area contributed by atoms with Crippen molar-refractivity contribution in [2.24, 2.45) is 0 Å². The molecule has 3 aromatic rings. The van der Waals surface area contributed by atoms with Crippen molar-refractivity contribution < 1.29 is 13.9 Å². The molecule has 0 fully saturated rings. The molecule has 1 heterocycles. The van der Waals surface area contributed by atoms with Gasteiger partial charge in [0, 0.05) is 15.4 Å². The first kappa shape index (κ1) is 22.0. The second kappa shape index (κ2) is 8.82. The van der Waals surface area contributed by atoms with Gasteiger partial charge in [-0.1, -0.05) is 41.9 Å². The summed E-state index contributed by atoms with van der Waals surface area (Å²) in [4.78, 5) is 17.5. The summed E-state index contributed by atoms with van der Waals surface area (Å²) in [6, 6.07) is 11.8. The van der Waals surface area contributed by atoms with Crippen LogP contribution in [0.5, 0.6) is 0 Å². The number of ether oxygens (including phenoxy) is 1. The molecule has 0 amide bonds. The third-order valence-corrected chi connectivity index (χ3v) is 4.36. The van der Waals surface area contributed by atoms with E-state index < -0.39 is 11.6 Å². The van der Waals surface area contributed by atoms with E-state index in [2.05, 4.69) is 20.9 Å². The molecule has 0 spiro atoms. The zero-order valence-corrected chi connectivity index (χ0v) is 18.6. The molecule has 0 aliphatic carbocycles. The normalized spacial score (nSPS) is 11.0. The first-order chi connectivity index (χ1) is 13.2. The average molecular weight is 446 g/mol. The van der Waals surface area contributed by atoms with Gasteiger partial charge in [-0.3, -0.25) is 4.98 Å². The Balaban J connectivity index is 0.00000136. The molecule has 148 valence electrons. The van der Waals surface area contributed by atoms with Crippen molar-refractivity contribution in [2.75, 3.05) is 0 Å². The first-order valence-corrected chi connectivity index (χ1v) is 10.0. The molecular weight excluding hydrogens is 421 g/mol. The van der Waals surface area contributed by atoms with E-state index in [1.807, 2.05) is 52.8 Å². The van der Waals surface area contributed by atoms with Crippen molar-refractivity contribution in [2.45, 2.75) is 47.1 Å². The smallest absolute Gasteiger partial charge is 0.341 e. The molecule has 5 heteroatoms. The van der Waals surface area contributed by atoms with Crippen LogP contribution in [0.4, 0.5) is 4.39 Å². The maximum absolute atomic E-state index is 13.4. The van der Waals surface area contributed by atoms with E-state index in [0.29, 0.717) is 16.8 Å². The number of benzene rings is 2. The number of hydrogen-bond acceptors (Lipinski definition) is 3. The van der Waals surface area contributed by atoms with Crippen LogP contribution in [0.1, 0.15) is 50.7 Å². The molecule has 2 aromatic carbocycles. The molecule has 0 saturated carbocycles. The van der Waals surface area contributed by atoms with E-state index in [9.17, 15) is 9.18 Å². The van der Waals surface area contributed by atoms with Crippen LogP contribution in [0.3, 0.4) is 0 Å². The Bertz CT molecular complexity index is 992. The third-order valence-electron chi connectivity index (χ3n) is 3.86. The maximum atomic E-state index is 13.4. The highest BCUT2D eigenvalue weighted by Gasteiger charge is 2.25. The van der Waals surface area contributed by atoms with Gasteiger partial charge in [0.2, 0.25) is 0 Å². The second-order valence-corrected chi connectivity index (χ2v) is 8.03. The van der Waals surface area contributed by atoms with Crippen LogP contribution in [0, 0.1) is 12.7 Å². The standard InChI is InChI=1S/C21H19BrFNO2.C2H6/c1-12-18(20(25)26-21(2,3)4)19(13-5-8-15(23)9-6-13)16-11-14(22)7-10-17(16)24-12;1-2/h5-11H,1-4H3;1-2H3. The van der Waals surface area contributed by atoms with E-state index in [1.54, 1.807) is 19.1 Å². The number of pyridine rings is 1. The van der Waals surface area contributed by atoms with Crippen LogP contribution in [-0.4, -0.2) is 16.6 Å². The Labute approximate surface area is 174 Å². The molecule has 0 radical (unpaired) electrons. The fourth-order valence-corrected chi connectivity index (χ4v) is 3.21. The predicted molar refractivity (Wildman–Crippen MR) is 116 cm³/mol. The molecule has 0 aliphatic rings. The highest BCUT2D eigenvalue weighted by atomic mass is 79.9. The summed E-state index contributed by atoms with van der Waals surface area (Å²) in [5.74, 6) is -0.771. The summed E-state index contributed by atoms with van der Waals surface area (Å²) in [6.07, 6.45) is 0. The molecule has 3 nitrogen and oxygen atoms in total. The Morgan fingerprint density at radius 1 is 1.07 bits per heavy atom. The van der Waals surface area contributed by atoms with Gasteiger partial charge in [-0.2, -0.15) is 0 Å². The van der Waals surface area contributed by atoms with Gasteiger partial charge in [0.05, 0.1) is 16.8 Å². The van der Waals surface area contributed by atoms with Crippen molar-refractivity contribution in [3.63, 3.8) is 0 Å². The highest BCUT2D eigenvalue weighted by Crippen LogP contribution is 2.35. The summed E-state index contributed by atoms with van der Waals surface area (Å²) in [6.45, 7) is 11.3. The number of fused-ring (bicyclic) bond motifs is 1. The lowest BCUT2D eigenvalue weighted by molar-refractivity contribution is 0.00694. The van der Waals surface area contributed by atoms with Gasteiger partial charge in [0.15, 0.2) is 0 Å². The Morgan fingerprint density at radius 2 is 1.68 bits per heavy atom. The van der Waals surface area contributed by atoms with Crippen LogP contribution < -0.4 is 0 Å². The van der Waals surface area contributed by atoms with Crippen molar-refractivity contribution in [1.29, 1.82) is 0 Å². The SMILES string of the molecule is CC.Cc1nc2ccc(Br)cc2c(-c2ccc(F)cc2)c1C(=O)OC(C)(C)C. The van der Waals surface area contributed by atoms with Gasteiger partial charge in [-0.05, 0) is 63.6 Å². The molecule has 28 heavy (non-hydrogen) atoms. The highest BCUT2D eigenvalue weighted by molar-refractivity contribution is 9.10. The molecule has 0 bridgehead atoms. The number of hydrogen-bond donors (Lipinski definition) is 0. The molecule has 1 aromatic heterocycles. The number of nitrogens with zero attached hydrogens (tertiary/aromatic N) is 1. The third kappa shape index (κ3) is 4.96. The molecule has 0 atom stereocenters. The van der Waals surface area contributed by atoms with E-state index in [1.165, 1.54) is 12.1 Å². The van der Waals surface area contributed by atoms with Gasteiger partial charge < -0.3 is 4.74 Å². The van der Waals surface area contributed by atoms with Gasteiger partial charge in [-0.15, -0.1) is 0 Å². The summed E-state index contributed by atoms with van der Waals surface area (Å²) >= 11 is 3.48. The average Bonchev–Trinajstić information content (AvgIpc) is 2.62. The van der Waals surface area contributed by atoms with E-state index in [4.69, 9.17) is 4.74 Å². The summed E-state index contributed by atoms with van der Waals surface area (Å²) in [5.41, 5.74) is 2.54. The lowest BCUT2D eigenvalue weighted by atomic mass is 9.94. The van der Waals surface area contributed by atoms with Crippen LogP contribution in [0.25, 0.3) is 22.0 Å². The summed E-state index contributed by atoms with van der Waals surface area (Å²) in [7, 11) is 0. The molecule has 0 saturated heterocycles. The number of halogens is 2. The fourth-order valence-electron chi connectivity index (χ4n) is 2.85. The van der Waals surface area contributed by atoms with Gasteiger partial charge >= 0.3 is 5.97 Å². The van der Waals surface area contributed by atoms with Gasteiger partial charge in [0.1, 0.15) is 11.4 Å². The number of carbonyl (C=O) groups excluding carboxylic acids is 1. The van der Waals surface area contributed by atoms with Crippen LogP contribution >= 0.6 is 15.9 Å². The number of rotatable bonds is 2. The molecule has 3 rings (SSSR count). The minimum atomic E-state index is -0.629. The maximum Gasteiger partial charge on any atom is 0.341 e. The largest absolute Gasteiger partial charge is 0.456 e. The van der Waals surface area contributed by atoms with Crippen molar-refractivity contribution in [3.05, 3.63) is 64.0 Å². The van der Waals surface area contributed by atoms with E-state index in [0.717, 1.165) is 20.9 Å². The van der Waals surface area contributed by atoms with Crippen LogP contribution in [0.2, 0.25) is 0 Å². The Morgan fingerprint density at radius 3 is 2.25 bits per heavy atom. The zero-order chi connectivity index (χ0) is 21.1. The Kier molecular flexibility index (Phi) is 6.94. The number of esters is 1. The van der Waals surface area contributed by atoms with Crippen molar-refractivity contribution in [3.8, 4) is 11.1 Å². The number of carbonyl (C=O) groups is 1. The summed E-state index contributed by atoms with van der Waals surface area (Å²) in [5, 5.41) is 0.803. The lowest BCUT2D eigenvalue weighted by Gasteiger charge is -2.22. The van der Waals surface area contributed by atoms with Crippen LogP contribution in [0.15, 0.2) is 46.9 Å². The summed E-state index contributed by atoms with van der Waals surface area (Å²) < 4.78 is 19.9. The van der Waals surface area contributed by atoms with Crippen molar-refractivity contribution in [1.82, 2.24) is 4.98 Å². The minimum absolute atomic E-state index is 0.330. The molecule has 0 aliphatic heterocycles. The second-order valence-electron chi connectivity index (χ2n) is 7.12. The molecular formula is C23H25BrFNO2. The number of aryl methyl sites for hydroxylation is 1. The zero-order valence-electron chi connectivity index (χ0n) is 17.1. The molecule has 0 unspecified atom stereocenters. The quantitative estimate of drug-likeness (QED) is 0.395. The monoisotopic (exact) mass is 445 g/mol. The predicted octanol–water partition coefficient (Wildman–Crippen LogP) is 7.09. The van der Waals surface area contributed by atoms with Crippen LogP contribution in [-0.2, 0) is 4.74 Å². The Hall–Kier alpha value is -2.27. The van der Waals surface area contributed by atoms with Gasteiger partial charge in [0.25, 0.3) is 0 Å². The number of aromatic nitrogens is 1.